The van der Waals surface area contributed by atoms with Crippen molar-refractivity contribution in [1.82, 2.24) is 0 Å². The SMILES string of the molecule is O=C(O)C1=C(C(=O)c2cc(O)c(OC(=O)c3cc(O)c(O)c(O)c3)c(OC(=O)c3cc(O)c(O)c(O)c3)c2)C(O)C(O)C(O)C1. The molecule has 0 saturated heterocycles. The minimum Gasteiger partial charge on any atom is -0.504 e. The average molecular weight is 630 g/mol. The van der Waals surface area contributed by atoms with Crippen molar-refractivity contribution in [2.24, 2.45) is 0 Å². The first kappa shape index (κ1) is 31.9. The number of esters is 2. The summed E-state index contributed by atoms with van der Waals surface area (Å²) >= 11 is 0. The molecule has 0 aliphatic heterocycles. The van der Waals surface area contributed by atoms with Gasteiger partial charge in [-0.15, -0.1) is 0 Å². The molecule has 3 aromatic rings. The molecule has 0 saturated carbocycles. The summed E-state index contributed by atoms with van der Waals surface area (Å²) in [6, 6.07) is 3.85. The Balaban J connectivity index is 1.84. The second-order valence-electron chi connectivity index (χ2n) is 9.56. The van der Waals surface area contributed by atoms with Gasteiger partial charge in [0.05, 0.1) is 17.2 Å². The predicted molar refractivity (Wildman–Crippen MR) is 143 cm³/mol. The number of rotatable bonds is 7. The Kier molecular flexibility index (Phi) is 8.45. The molecule has 0 spiro atoms. The van der Waals surface area contributed by atoms with E-state index >= 15 is 0 Å². The Labute approximate surface area is 249 Å². The summed E-state index contributed by atoms with van der Waals surface area (Å²) in [4.78, 5) is 50.9. The predicted octanol–water partition coefficient (Wildman–Crippen LogP) is 0.114. The van der Waals surface area contributed by atoms with Crippen LogP contribution in [-0.4, -0.2) is 98.2 Å². The number of aromatic hydroxyl groups is 7. The fourth-order valence-corrected chi connectivity index (χ4v) is 4.28. The molecule has 0 radical (unpaired) electrons. The highest BCUT2D eigenvalue weighted by molar-refractivity contribution is 6.14. The Morgan fingerprint density at radius 3 is 1.53 bits per heavy atom. The Morgan fingerprint density at radius 1 is 0.622 bits per heavy atom. The van der Waals surface area contributed by atoms with Crippen molar-refractivity contribution < 1.29 is 84.8 Å². The number of Topliss-reactive ketones (excluding diaryl/α,β-unsaturated/α-hetero) is 1. The normalized spacial score (nSPS) is 17.9. The lowest BCUT2D eigenvalue weighted by atomic mass is 9.81. The molecule has 1 aliphatic rings. The highest BCUT2D eigenvalue weighted by Gasteiger charge is 2.41. The van der Waals surface area contributed by atoms with E-state index in [-0.39, 0.29) is 0 Å². The van der Waals surface area contributed by atoms with Crippen LogP contribution < -0.4 is 9.47 Å². The first-order valence-corrected chi connectivity index (χ1v) is 12.4. The molecule has 11 N–H and O–H groups in total. The molecule has 3 aromatic carbocycles. The third-order valence-corrected chi connectivity index (χ3v) is 6.56. The van der Waals surface area contributed by atoms with Crippen LogP contribution in [0.5, 0.6) is 51.7 Å². The molecule has 0 amide bonds. The Bertz CT molecular complexity index is 1740. The van der Waals surface area contributed by atoms with Crippen molar-refractivity contribution in [3.63, 3.8) is 0 Å². The number of aliphatic carboxylic acids is 1. The van der Waals surface area contributed by atoms with Crippen LogP contribution in [0.25, 0.3) is 0 Å². The van der Waals surface area contributed by atoms with E-state index in [1.54, 1.807) is 0 Å². The van der Waals surface area contributed by atoms with Gasteiger partial charge in [-0.25, -0.2) is 14.4 Å². The van der Waals surface area contributed by atoms with E-state index in [1.165, 1.54) is 0 Å². The Morgan fingerprint density at radius 2 is 1.07 bits per heavy atom. The quantitative estimate of drug-likeness (QED) is 0.0714. The van der Waals surface area contributed by atoms with Crippen molar-refractivity contribution in [2.75, 3.05) is 0 Å². The van der Waals surface area contributed by atoms with Gasteiger partial charge in [0.25, 0.3) is 0 Å². The molecule has 0 heterocycles. The Hall–Kier alpha value is -6.04. The summed E-state index contributed by atoms with van der Waals surface area (Å²) in [5, 5.41) is 109. The smallest absolute Gasteiger partial charge is 0.344 e. The van der Waals surface area contributed by atoms with Crippen LogP contribution in [0.4, 0.5) is 0 Å². The van der Waals surface area contributed by atoms with Gasteiger partial charge in [-0.05, 0) is 36.4 Å². The lowest BCUT2D eigenvalue weighted by molar-refractivity contribution is -0.134. The lowest BCUT2D eigenvalue weighted by Gasteiger charge is -2.31. The summed E-state index contributed by atoms with van der Waals surface area (Å²) < 4.78 is 10.2. The van der Waals surface area contributed by atoms with Gasteiger partial charge in [0.15, 0.2) is 51.8 Å². The molecule has 45 heavy (non-hydrogen) atoms. The van der Waals surface area contributed by atoms with E-state index in [1.807, 2.05) is 0 Å². The van der Waals surface area contributed by atoms with Crippen molar-refractivity contribution in [2.45, 2.75) is 24.7 Å². The molecule has 236 valence electrons. The number of carbonyl (C=O) groups excluding carboxylic acids is 3. The molecule has 0 fully saturated rings. The minimum absolute atomic E-state index is 0.600. The van der Waals surface area contributed by atoms with Gasteiger partial charge in [-0.2, -0.15) is 0 Å². The second-order valence-corrected chi connectivity index (χ2v) is 9.56. The number of hydrogen-bond acceptors (Lipinski definition) is 16. The zero-order valence-electron chi connectivity index (χ0n) is 22.3. The highest BCUT2D eigenvalue weighted by atomic mass is 16.6. The summed E-state index contributed by atoms with van der Waals surface area (Å²) in [6.45, 7) is 0. The largest absolute Gasteiger partial charge is 0.504 e. The number of ketones is 1. The van der Waals surface area contributed by atoms with Crippen LogP contribution >= 0.6 is 0 Å². The number of aliphatic hydroxyl groups is 3. The molecule has 0 aromatic heterocycles. The van der Waals surface area contributed by atoms with Gasteiger partial charge in [-0.1, -0.05) is 0 Å². The van der Waals surface area contributed by atoms with E-state index in [9.17, 15) is 75.3 Å². The second kappa shape index (κ2) is 11.9. The number of carboxylic acid groups (broad SMARTS) is 1. The molecular weight excluding hydrogens is 608 g/mol. The average Bonchev–Trinajstić information content (AvgIpc) is 2.97. The molecule has 0 bridgehead atoms. The molecule has 1 aliphatic carbocycles. The van der Waals surface area contributed by atoms with Crippen LogP contribution in [0.15, 0.2) is 47.5 Å². The van der Waals surface area contributed by atoms with Gasteiger partial charge in [0.2, 0.25) is 5.75 Å². The van der Waals surface area contributed by atoms with Crippen LogP contribution in [0.1, 0.15) is 37.5 Å². The van der Waals surface area contributed by atoms with Crippen molar-refractivity contribution in [3.05, 3.63) is 64.2 Å². The van der Waals surface area contributed by atoms with E-state index < -0.39 is 128 Å². The van der Waals surface area contributed by atoms with Gasteiger partial charge >= 0.3 is 17.9 Å². The van der Waals surface area contributed by atoms with E-state index in [0.717, 1.165) is 0 Å². The van der Waals surface area contributed by atoms with Crippen molar-refractivity contribution in [1.29, 1.82) is 0 Å². The fourth-order valence-electron chi connectivity index (χ4n) is 4.28. The van der Waals surface area contributed by atoms with Crippen LogP contribution in [0, 0.1) is 0 Å². The maximum Gasteiger partial charge on any atom is 0.344 e. The van der Waals surface area contributed by atoms with E-state index in [2.05, 4.69) is 0 Å². The number of phenols is 7. The number of carbonyl (C=O) groups is 4. The molecule has 17 heteroatoms. The zero-order chi connectivity index (χ0) is 33.5. The van der Waals surface area contributed by atoms with Gasteiger partial charge in [-0.3, -0.25) is 4.79 Å². The maximum absolute atomic E-state index is 13.4. The summed E-state index contributed by atoms with van der Waals surface area (Å²) in [7, 11) is 0. The number of benzene rings is 3. The molecule has 3 unspecified atom stereocenters. The maximum atomic E-state index is 13.4. The van der Waals surface area contributed by atoms with Gasteiger partial charge < -0.3 is 65.6 Å². The monoisotopic (exact) mass is 630 g/mol. The zero-order valence-corrected chi connectivity index (χ0v) is 22.3. The highest BCUT2D eigenvalue weighted by Crippen LogP contribution is 2.42. The number of hydrogen-bond donors (Lipinski definition) is 11. The number of aliphatic hydroxyl groups excluding tert-OH is 3. The molecular formula is C28H22O17. The third kappa shape index (κ3) is 6.07. The number of carboxylic acids is 1. The molecule has 3 atom stereocenters. The summed E-state index contributed by atoms with van der Waals surface area (Å²) in [5.74, 6) is -14.8. The molecule has 17 nitrogen and oxygen atoms in total. The van der Waals surface area contributed by atoms with Crippen molar-refractivity contribution >= 4 is 23.7 Å². The van der Waals surface area contributed by atoms with Gasteiger partial charge in [0.1, 0.15) is 12.2 Å². The van der Waals surface area contributed by atoms with Gasteiger partial charge in [0, 0.05) is 23.1 Å². The molecule has 4 rings (SSSR count). The summed E-state index contributed by atoms with van der Waals surface area (Å²) in [6.07, 6.45) is -6.74. The topological polar surface area (TPSA) is 309 Å². The summed E-state index contributed by atoms with van der Waals surface area (Å²) in [5.41, 5.74) is -3.63. The fraction of sp³-hybridized carbons (Fsp3) is 0.143. The van der Waals surface area contributed by atoms with Crippen LogP contribution in [-0.2, 0) is 4.79 Å². The first-order chi connectivity index (χ1) is 21.0. The van der Waals surface area contributed by atoms with E-state index in [4.69, 9.17) is 9.47 Å². The minimum atomic E-state index is -2.23. The van der Waals surface area contributed by atoms with Crippen molar-refractivity contribution in [3.8, 4) is 51.7 Å². The lowest BCUT2D eigenvalue weighted by Crippen LogP contribution is -2.45. The first-order valence-electron chi connectivity index (χ1n) is 12.4. The standard InChI is InChI=1S/C28H22O17/c29-12-2-9(3-13(30)21(12)36)27(42)44-18-6-8(20(35)19-11(26(40)41)7-16(33)23(38)24(19)39)1-17(34)25(18)45-28(43)10-4-14(31)22(37)15(32)5-10/h1-6,16,23-24,29-34,36-39H,7H2,(H,40,41). The third-order valence-electron chi connectivity index (χ3n) is 6.56. The number of phenolic OH excluding ortho intramolecular Hbond substituents is 7. The van der Waals surface area contributed by atoms with Crippen LogP contribution in [0.2, 0.25) is 0 Å². The number of ether oxygens (including phenoxy) is 2. The van der Waals surface area contributed by atoms with E-state index in [0.29, 0.717) is 36.4 Å². The van der Waals surface area contributed by atoms with Crippen LogP contribution in [0.3, 0.4) is 0 Å².